The zero-order valence-electron chi connectivity index (χ0n) is 13.9. The molecule has 0 N–H and O–H groups in total. The molecule has 2 aromatic rings. The lowest BCUT2D eigenvalue weighted by Crippen LogP contribution is -2.43. The highest BCUT2D eigenvalue weighted by Gasteiger charge is 2.62. The Labute approximate surface area is 161 Å². The highest BCUT2D eigenvalue weighted by molar-refractivity contribution is 9.08. The minimum Gasteiger partial charge on any atom is -0.0876 e. The maximum Gasteiger partial charge on any atom is 0.0283 e. The summed E-state index contributed by atoms with van der Waals surface area (Å²) in [5, 5.41) is 1.91. The van der Waals surface area contributed by atoms with Gasteiger partial charge in [0, 0.05) is 21.5 Å². The van der Waals surface area contributed by atoms with Gasteiger partial charge in [0.05, 0.1) is 0 Å². The number of rotatable bonds is 2. The Morgan fingerprint density at radius 1 is 0.667 bits per heavy atom. The second-order valence-electron chi connectivity index (χ2n) is 7.90. The number of hydrogen-bond acceptors (Lipinski definition) is 0. The second-order valence-corrected chi connectivity index (χ2v) is 9.02. The summed E-state index contributed by atoms with van der Waals surface area (Å²) in [4.78, 5) is 0. The molecule has 0 heterocycles. The summed E-state index contributed by atoms with van der Waals surface area (Å²) in [5.74, 6) is 0. The van der Waals surface area contributed by atoms with Crippen molar-refractivity contribution in [2.45, 2.75) is 60.0 Å². The first kappa shape index (κ1) is 15.6. The summed E-state index contributed by atoms with van der Waals surface area (Å²) in [7, 11) is 0. The molecule has 5 rings (SSSR count). The molecule has 0 radical (unpaired) electrons. The van der Waals surface area contributed by atoms with Crippen molar-refractivity contribution in [1.29, 1.82) is 0 Å². The van der Waals surface area contributed by atoms with Crippen molar-refractivity contribution in [3.05, 3.63) is 58.7 Å². The topological polar surface area (TPSA) is 0 Å². The predicted octanol–water partition coefficient (Wildman–Crippen LogP) is 7.00. The molecule has 2 aromatic carbocycles. The van der Waals surface area contributed by atoms with Crippen LogP contribution in [0.25, 0.3) is 11.1 Å². The molecular formula is C22H22Br2. The van der Waals surface area contributed by atoms with Crippen LogP contribution < -0.4 is 0 Å². The lowest BCUT2D eigenvalue weighted by molar-refractivity contribution is 0.299. The fourth-order valence-corrected chi connectivity index (χ4v) is 6.95. The Hall–Kier alpha value is -0.600. The number of halogens is 2. The zero-order valence-corrected chi connectivity index (χ0v) is 17.0. The second kappa shape index (κ2) is 5.45. The number of hydrogen-bond donors (Lipinski definition) is 0. The molecule has 0 atom stereocenters. The maximum absolute atomic E-state index is 3.67. The van der Waals surface area contributed by atoms with Crippen molar-refractivity contribution in [2.75, 3.05) is 0 Å². The van der Waals surface area contributed by atoms with Crippen molar-refractivity contribution in [3.8, 4) is 11.1 Å². The van der Waals surface area contributed by atoms with E-state index in [0.717, 1.165) is 10.7 Å². The molecule has 3 aliphatic carbocycles. The van der Waals surface area contributed by atoms with Gasteiger partial charge in [-0.15, -0.1) is 0 Å². The summed E-state index contributed by atoms with van der Waals surface area (Å²) in [6, 6.07) is 14.5. The summed E-state index contributed by atoms with van der Waals surface area (Å²) in [5.41, 5.74) is 10.00. The minimum atomic E-state index is 0.401. The van der Waals surface area contributed by atoms with Gasteiger partial charge in [0.1, 0.15) is 0 Å². The minimum absolute atomic E-state index is 0.401. The van der Waals surface area contributed by atoms with Gasteiger partial charge in [-0.25, -0.2) is 0 Å². The van der Waals surface area contributed by atoms with Gasteiger partial charge in [0.2, 0.25) is 0 Å². The van der Waals surface area contributed by atoms with E-state index in [1.54, 1.807) is 11.1 Å². The summed E-state index contributed by atoms with van der Waals surface area (Å²) in [6.07, 6.45) is 8.28. The van der Waals surface area contributed by atoms with Crippen LogP contribution in [0.5, 0.6) is 0 Å². The van der Waals surface area contributed by atoms with Crippen molar-refractivity contribution >= 4 is 31.9 Å². The third kappa shape index (κ3) is 1.80. The number of benzene rings is 2. The largest absolute Gasteiger partial charge is 0.0876 e. The van der Waals surface area contributed by atoms with Crippen molar-refractivity contribution < 1.29 is 0 Å². The Kier molecular flexibility index (Phi) is 3.55. The van der Waals surface area contributed by atoms with Gasteiger partial charge in [-0.3, -0.25) is 0 Å². The Morgan fingerprint density at radius 3 is 1.46 bits per heavy atom. The molecule has 0 spiro atoms. The van der Waals surface area contributed by atoms with Gasteiger partial charge < -0.3 is 0 Å². The molecule has 3 aliphatic rings. The first-order chi connectivity index (χ1) is 11.7. The van der Waals surface area contributed by atoms with Gasteiger partial charge in [-0.05, 0) is 59.1 Å². The van der Waals surface area contributed by atoms with Gasteiger partial charge in [-0.1, -0.05) is 81.1 Å². The fourth-order valence-electron chi connectivity index (χ4n) is 6.26. The van der Waals surface area contributed by atoms with E-state index in [1.165, 1.54) is 60.8 Å². The summed E-state index contributed by atoms with van der Waals surface area (Å²) in [6.45, 7) is 0. The molecule has 24 heavy (non-hydrogen) atoms. The third-order valence-corrected chi connectivity index (χ3v) is 8.42. The highest BCUT2D eigenvalue weighted by atomic mass is 79.9. The lowest BCUT2D eigenvalue weighted by Gasteiger charge is -2.48. The molecule has 0 bridgehead atoms. The molecule has 0 unspecified atom stereocenters. The van der Waals surface area contributed by atoms with Crippen LogP contribution in [-0.4, -0.2) is 0 Å². The number of fused-ring (bicyclic) bond motifs is 3. The van der Waals surface area contributed by atoms with Gasteiger partial charge in [0.15, 0.2) is 0 Å². The van der Waals surface area contributed by atoms with Gasteiger partial charge in [0.25, 0.3) is 0 Å². The standard InChI is InChI=1S/C22H22Br2/c23-13-15-3-5-17-18-6-4-16(14-24)12-20(18)22-8-1-7-21(22,9-2-10-22)19(17)11-15/h3-6,11-12H,1-2,7-10,13-14H2/t21-,22+. The van der Waals surface area contributed by atoms with Crippen molar-refractivity contribution in [1.82, 2.24) is 0 Å². The smallest absolute Gasteiger partial charge is 0.0283 e. The fraction of sp³-hybridized carbons (Fsp3) is 0.455. The molecule has 0 aromatic heterocycles. The van der Waals surface area contributed by atoms with E-state index in [-0.39, 0.29) is 0 Å². The van der Waals surface area contributed by atoms with Crippen LogP contribution in [0.2, 0.25) is 0 Å². The third-order valence-electron chi connectivity index (χ3n) is 7.13. The molecule has 124 valence electrons. The SMILES string of the molecule is BrCc1ccc2c(c1)[C@]13CCC[C@]1(CCC3)c1cc(CBr)ccc1-2. The van der Waals surface area contributed by atoms with E-state index in [1.807, 2.05) is 0 Å². The van der Waals surface area contributed by atoms with Crippen molar-refractivity contribution in [2.24, 2.45) is 0 Å². The zero-order chi connectivity index (χ0) is 16.4. The van der Waals surface area contributed by atoms with E-state index in [9.17, 15) is 0 Å². The molecule has 0 aliphatic heterocycles. The highest BCUT2D eigenvalue weighted by Crippen LogP contribution is 2.69. The van der Waals surface area contributed by atoms with Crippen LogP contribution in [0, 0.1) is 0 Å². The van der Waals surface area contributed by atoms with E-state index >= 15 is 0 Å². The van der Waals surface area contributed by atoms with Crippen LogP contribution in [-0.2, 0) is 21.5 Å². The van der Waals surface area contributed by atoms with Crippen LogP contribution in [0.15, 0.2) is 36.4 Å². The predicted molar refractivity (Wildman–Crippen MR) is 108 cm³/mol. The van der Waals surface area contributed by atoms with Crippen molar-refractivity contribution in [3.63, 3.8) is 0 Å². The molecule has 2 fully saturated rings. The first-order valence-corrected chi connectivity index (χ1v) is 11.4. The summed E-state index contributed by atoms with van der Waals surface area (Å²) < 4.78 is 0. The van der Waals surface area contributed by atoms with Crippen LogP contribution >= 0.6 is 31.9 Å². The van der Waals surface area contributed by atoms with Gasteiger partial charge >= 0.3 is 0 Å². The monoisotopic (exact) mass is 444 g/mol. The van der Waals surface area contributed by atoms with Crippen LogP contribution in [0.4, 0.5) is 0 Å². The Balaban J connectivity index is 1.87. The normalized spacial score (nSPS) is 29.8. The van der Waals surface area contributed by atoms with E-state index in [2.05, 4.69) is 68.3 Å². The first-order valence-electron chi connectivity index (χ1n) is 9.13. The Morgan fingerprint density at radius 2 is 1.08 bits per heavy atom. The van der Waals surface area contributed by atoms with E-state index < -0.39 is 0 Å². The lowest BCUT2D eigenvalue weighted by atomic mass is 9.55. The number of alkyl halides is 2. The molecule has 2 saturated carbocycles. The van der Waals surface area contributed by atoms with E-state index in [0.29, 0.717) is 10.8 Å². The molecule has 2 heteroatoms. The molecular weight excluding hydrogens is 424 g/mol. The molecule has 0 amide bonds. The average molecular weight is 446 g/mol. The van der Waals surface area contributed by atoms with Crippen LogP contribution in [0.3, 0.4) is 0 Å². The van der Waals surface area contributed by atoms with Gasteiger partial charge in [-0.2, -0.15) is 0 Å². The quantitative estimate of drug-likeness (QED) is 0.436. The van der Waals surface area contributed by atoms with Crippen LogP contribution in [0.1, 0.15) is 60.8 Å². The molecule has 0 nitrogen and oxygen atoms in total. The summed E-state index contributed by atoms with van der Waals surface area (Å²) >= 11 is 7.34. The Bertz CT molecular complexity index is 743. The average Bonchev–Trinajstić information content (AvgIpc) is 3.18. The molecule has 0 saturated heterocycles. The maximum atomic E-state index is 3.67. The van der Waals surface area contributed by atoms with E-state index in [4.69, 9.17) is 0 Å².